The van der Waals surface area contributed by atoms with Crippen LogP contribution in [0.4, 0.5) is 5.69 Å². The van der Waals surface area contributed by atoms with E-state index in [0.717, 1.165) is 23.5 Å². The van der Waals surface area contributed by atoms with Crippen molar-refractivity contribution in [3.8, 4) is 5.69 Å². The summed E-state index contributed by atoms with van der Waals surface area (Å²) in [5.74, 6) is -1.61. The van der Waals surface area contributed by atoms with E-state index in [2.05, 4.69) is 15.0 Å². The molecule has 2 heterocycles. The molecule has 21 heavy (non-hydrogen) atoms. The molecule has 1 aliphatic heterocycles. The fraction of sp³-hybridized carbons (Fsp3) is 0.357. The van der Waals surface area contributed by atoms with E-state index in [4.69, 9.17) is 5.11 Å². The number of nitrogens with zero attached hydrogens (tertiary/aromatic N) is 3. The number of carboxylic acid groups (broad SMARTS) is 1. The number of anilines is 1. The Kier molecular flexibility index (Phi) is 3.47. The third-order valence-corrected chi connectivity index (χ3v) is 3.64. The number of H-pyrrole nitrogens is 1. The van der Waals surface area contributed by atoms with Gasteiger partial charge in [0.25, 0.3) is 0 Å². The molecular weight excluding hydrogens is 272 g/mol. The molecule has 1 aliphatic rings. The minimum Gasteiger partial charge on any atom is -0.475 e. The van der Waals surface area contributed by atoms with E-state index in [0.29, 0.717) is 5.69 Å². The summed E-state index contributed by atoms with van der Waals surface area (Å²) in [6, 6.07) is 7.42. The average molecular weight is 288 g/mol. The second-order valence-electron chi connectivity index (χ2n) is 5.06. The van der Waals surface area contributed by atoms with Crippen LogP contribution in [-0.4, -0.2) is 38.9 Å². The van der Waals surface area contributed by atoms with Crippen molar-refractivity contribution in [2.24, 2.45) is 0 Å². The summed E-state index contributed by atoms with van der Waals surface area (Å²) in [6.07, 6.45) is 3.67. The molecule has 3 rings (SSSR count). The number of piperidine rings is 1. The van der Waals surface area contributed by atoms with Gasteiger partial charge in [0.2, 0.25) is 5.82 Å². The van der Waals surface area contributed by atoms with Crippen molar-refractivity contribution in [2.45, 2.75) is 19.3 Å². The molecule has 0 amide bonds. The number of rotatable bonds is 3. The highest BCUT2D eigenvalue weighted by Gasteiger charge is 2.14. The largest absolute Gasteiger partial charge is 0.475 e. The van der Waals surface area contributed by atoms with Crippen LogP contribution in [-0.2, 0) is 0 Å². The van der Waals surface area contributed by atoms with E-state index in [-0.39, 0.29) is 5.82 Å². The van der Waals surface area contributed by atoms with Crippen LogP contribution in [0, 0.1) is 0 Å². The van der Waals surface area contributed by atoms with E-state index < -0.39 is 11.7 Å². The maximum Gasteiger partial charge on any atom is 0.373 e. The molecule has 0 atom stereocenters. The third kappa shape index (κ3) is 2.67. The van der Waals surface area contributed by atoms with Gasteiger partial charge in [0.05, 0.1) is 5.69 Å². The van der Waals surface area contributed by atoms with Crippen molar-refractivity contribution in [1.82, 2.24) is 14.8 Å². The monoisotopic (exact) mass is 288 g/mol. The molecule has 0 saturated carbocycles. The standard InChI is InChI=1S/C14H16N4O3/c19-13(20)12-15-14(21)18(16-12)11-6-4-10(5-7-11)17-8-2-1-3-9-17/h4-7H,1-3,8-9H2,(H,19,20)(H,15,16,21). The Balaban J connectivity index is 1.87. The van der Waals surface area contributed by atoms with Gasteiger partial charge in [-0.25, -0.2) is 9.59 Å². The predicted molar refractivity (Wildman–Crippen MR) is 77.2 cm³/mol. The fourth-order valence-electron chi connectivity index (χ4n) is 2.55. The lowest BCUT2D eigenvalue weighted by Crippen LogP contribution is -2.29. The second kappa shape index (κ2) is 5.43. The minimum atomic E-state index is -1.25. The van der Waals surface area contributed by atoms with Gasteiger partial charge in [-0.15, -0.1) is 5.10 Å². The first-order chi connectivity index (χ1) is 10.1. The molecule has 1 aromatic heterocycles. The molecule has 0 unspecified atom stereocenters. The number of carbonyl (C=O) groups is 1. The summed E-state index contributed by atoms with van der Waals surface area (Å²) in [7, 11) is 0. The van der Waals surface area contributed by atoms with Gasteiger partial charge in [-0.05, 0) is 43.5 Å². The van der Waals surface area contributed by atoms with Crippen LogP contribution in [0.15, 0.2) is 29.1 Å². The van der Waals surface area contributed by atoms with E-state index in [1.807, 2.05) is 12.1 Å². The number of benzene rings is 1. The Bertz CT molecular complexity index is 696. The zero-order valence-corrected chi connectivity index (χ0v) is 11.5. The summed E-state index contributed by atoms with van der Waals surface area (Å²) >= 11 is 0. The molecule has 1 saturated heterocycles. The van der Waals surface area contributed by atoms with Crippen molar-refractivity contribution < 1.29 is 9.90 Å². The summed E-state index contributed by atoms with van der Waals surface area (Å²) in [5.41, 5.74) is 1.10. The van der Waals surface area contributed by atoms with Gasteiger partial charge in [0.1, 0.15) is 0 Å². The van der Waals surface area contributed by atoms with Crippen molar-refractivity contribution in [1.29, 1.82) is 0 Å². The van der Waals surface area contributed by atoms with E-state index in [1.165, 1.54) is 19.3 Å². The number of hydrogen-bond acceptors (Lipinski definition) is 4. The Morgan fingerprint density at radius 1 is 1.10 bits per heavy atom. The first-order valence-corrected chi connectivity index (χ1v) is 6.93. The quantitative estimate of drug-likeness (QED) is 0.887. The smallest absolute Gasteiger partial charge is 0.373 e. The number of aromatic nitrogens is 3. The fourth-order valence-corrected chi connectivity index (χ4v) is 2.55. The van der Waals surface area contributed by atoms with E-state index in [1.54, 1.807) is 12.1 Å². The Morgan fingerprint density at radius 3 is 2.29 bits per heavy atom. The topological polar surface area (TPSA) is 91.2 Å². The van der Waals surface area contributed by atoms with Crippen molar-refractivity contribution >= 4 is 11.7 Å². The van der Waals surface area contributed by atoms with Gasteiger partial charge in [-0.3, -0.25) is 4.98 Å². The Labute approximate surface area is 120 Å². The SMILES string of the molecule is O=C(O)c1nn(-c2ccc(N3CCCCC3)cc2)c(=O)[nH]1. The highest BCUT2D eigenvalue weighted by Crippen LogP contribution is 2.20. The highest BCUT2D eigenvalue weighted by molar-refractivity contribution is 5.82. The van der Waals surface area contributed by atoms with Gasteiger partial charge in [-0.2, -0.15) is 4.68 Å². The van der Waals surface area contributed by atoms with Crippen molar-refractivity contribution in [3.05, 3.63) is 40.6 Å². The molecule has 7 nitrogen and oxygen atoms in total. The van der Waals surface area contributed by atoms with E-state index in [9.17, 15) is 9.59 Å². The third-order valence-electron chi connectivity index (χ3n) is 3.64. The van der Waals surface area contributed by atoms with Crippen LogP contribution < -0.4 is 10.6 Å². The lowest BCUT2D eigenvalue weighted by atomic mass is 10.1. The Hall–Kier alpha value is -2.57. The molecular formula is C14H16N4O3. The van der Waals surface area contributed by atoms with Crippen molar-refractivity contribution in [3.63, 3.8) is 0 Å². The first-order valence-electron chi connectivity index (χ1n) is 6.93. The zero-order valence-electron chi connectivity index (χ0n) is 11.5. The van der Waals surface area contributed by atoms with Crippen LogP contribution in [0.3, 0.4) is 0 Å². The molecule has 0 bridgehead atoms. The summed E-state index contributed by atoms with van der Waals surface area (Å²) in [4.78, 5) is 27.0. The Morgan fingerprint density at radius 2 is 1.71 bits per heavy atom. The minimum absolute atomic E-state index is 0.361. The van der Waals surface area contributed by atoms with Gasteiger partial charge in [0, 0.05) is 18.8 Å². The molecule has 2 aromatic rings. The summed E-state index contributed by atoms with van der Waals surface area (Å²) < 4.78 is 1.06. The lowest BCUT2D eigenvalue weighted by Gasteiger charge is -2.28. The molecule has 0 radical (unpaired) electrons. The van der Waals surface area contributed by atoms with Crippen LogP contribution in [0.1, 0.15) is 29.9 Å². The normalized spacial score (nSPS) is 15.1. The maximum atomic E-state index is 11.7. The van der Waals surface area contributed by atoms with E-state index >= 15 is 0 Å². The maximum absolute atomic E-state index is 11.7. The van der Waals surface area contributed by atoms with Gasteiger partial charge < -0.3 is 10.0 Å². The molecule has 0 aliphatic carbocycles. The second-order valence-corrected chi connectivity index (χ2v) is 5.06. The van der Waals surface area contributed by atoms with Crippen molar-refractivity contribution in [2.75, 3.05) is 18.0 Å². The summed E-state index contributed by atoms with van der Waals surface area (Å²) in [5, 5.41) is 12.6. The number of aromatic amines is 1. The lowest BCUT2D eigenvalue weighted by molar-refractivity contribution is 0.0683. The van der Waals surface area contributed by atoms with Gasteiger partial charge >= 0.3 is 11.7 Å². The molecule has 0 spiro atoms. The van der Waals surface area contributed by atoms with Crippen LogP contribution in [0.2, 0.25) is 0 Å². The molecule has 1 fully saturated rings. The highest BCUT2D eigenvalue weighted by atomic mass is 16.4. The first kappa shape index (κ1) is 13.4. The van der Waals surface area contributed by atoms with Crippen LogP contribution in [0.25, 0.3) is 5.69 Å². The van der Waals surface area contributed by atoms with Crippen LogP contribution in [0.5, 0.6) is 0 Å². The number of nitrogens with one attached hydrogen (secondary N) is 1. The summed E-state index contributed by atoms with van der Waals surface area (Å²) in [6.45, 7) is 2.09. The average Bonchev–Trinajstić information content (AvgIpc) is 2.91. The predicted octanol–water partition coefficient (Wildman–Crippen LogP) is 1.25. The van der Waals surface area contributed by atoms with Crippen LogP contribution >= 0.6 is 0 Å². The number of carboxylic acids is 1. The molecule has 7 heteroatoms. The zero-order chi connectivity index (χ0) is 14.8. The van der Waals surface area contributed by atoms with Gasteiger partial charge in [0.15, 0.2) is 0 Å². The number of hydrogen-bond donors (Lipinski definition) is 2. The van der Waals surface area contributed by atoms with Gasteiger partial charge in [-0.1, -0.05) is 0 Å². The molecule has 1 aromatic carbocycles. The molecule has 2 N–H and O–H groups in total. The number of aromatic carboxylic acids is 1. The molecule has 110 valence electrons.